The quantitative estimate of drug-likeness (QED) is 0.345. The molecule has 0 saturated carbocycles. The summed E-state index contributed by atoms with van der Waals surface area (Å²) >= 11 is 0. The molecule has 2 aromatic carbocycles. The van der Waals surface area contributed by atoms with Gasteiger partial charge < -0.3 is 20.5 Å². The van der Waals surface area contributed by atoms with Crippen LogP contribution in [0.1, 0.15) is 39.2 Å². The molecule has 0 aliphatic carbocycles. The van der Waals surface area contributed by atoms with Crippen LogP contribution in [0.3, 0.4) is 0 Å². The van der Waals surface area contributed by atoms with Crippen molar-refractivity contribution in [3.8, 4) is 0 Å². The molecule has 0 radical (unpaired) electrons. The average Bonchev–Trinajstić information content (AvgIpc) is 3.49. The molecule has 1 amide bonds. The Bertz CT molecular complexity index is 1450. The maximum absolute atomic E-state index is 15.1. The van der Waals surface area contributed by atoms with Crippen LogP contribution in [-0.4, -0.2) is 54.2 Å². The number of alkyl halides is 3. The van der Waals surface area contributed by atoms with Crippen molar-refractivity contribution in [2.75, 3.05) is 48.5 Å². The van der Waals surface area contributed by atoms with Gasteiger partial charge in [0.2, 0.25) is 0 Å². The summed E-state index contributed by atoms with van der Waals surface area (Å²) in [5.41, 5.74) is 8.58. The summed E-state index contributed by atoms with van der Waals surface area (Å²) in [6.07, 6.45) is -0.755. The number of likely N-dealkylation sites (N-methyl/N-ethyl adjacent to an activating group) is 1. The van der Waals surface area contributed by atoms with E-state index in [1.54, 1.807) is 34.3 Å². The maximum atomic E-state index is 15.1. The number of rotatable bonds is 5. The minimum Gasteiger partial charge on any atom is -0.368 e. The van der Waals surface area contributed by atoms with Gasteiger partial charge in [-0.3, -0.25) is 14.9 Å². The molecule has 40 heavy (non-hydrogen) atoms. The predicted molar refractivity (Wildman–Crippen MR) is 145 cm³/mol. The third-order valence-electron chi connectivity index (χ3n) is 7.10. The Morgan fingerprint density at radius 1 is 1.05 bits per heavy atom. The first kappa shape index (κ1) is 27.5. The van der Waals surface area contributed by atoms with Gasteiger partial charge in [-0.15, -0.1) is 5.53 Å². The highest BCUT2D eigenvalue weighted by Crippen LogP contribution is 2.38. The summed E-state index contributed by atoms with van der Waals surface area (Å²) in [5.74, 6) is -1.96. The van der Waals surface area contributed by atoms with E-state index in [2.05, 4.69) is 26.5 Å². The van der Waals surface area contributed by atoms with E-state index in [9.17, 15) is 18.0 Å². The fraction of sp³-hybridized carbons (Fsp3) is 0.333. The molecule has 0 atom stereocenters. The van der Waals surface area contributed by atoms with Gasteiger partial charge in [0, 0.05) is 48.3 Å². The topological polar surface area (TPSA) is 91.6 Å². The lowest BCUT2D eigenvalue weighted by atomic mass is 10.1. The number of amides is 1. The van der Waals surface area contributed by atoms with Crippen LogP contribution in [-0.2, 0) is 6.18 Å². The van der Waals surface area contributed by atoms with Crippen molar-refractivity contribution in [2.45, 2.75) is 26.4 Å². The minimum absolute atomic E-state index is 0.132. The van der Waals surface area contributed by atoms with Crippen molar-refractivity contribution in [2.24, 2.45) is 0 Å². The van der Waals surface area contributed by atoms with Crippen LogP contribution in [0.15, 0.2) is 42.7 Å². The van der Waals surface area contributed by atoms with Crippen molar-refractivity contribution in [3.05, 3.63) is 76.5 Å². The zero-order valence-corrected chi connectivity index (χ0v) is 22.3. The molecule has 1 fully saturated rings. The molecular weight excluding hydrogens is 528 g/mol. The Hall–Kier alpha value is -4.10. The molecule has 13 heteroatoms. The normalized spacial score (nSPS) is 16.5. The number of H-pyrrole nitrogens is 1. The van der Waals surface area contributed by atoms with Crippen LogP contribution in [0, 0.1) is 19.7 Å². The Labute approximate surface area is 228 Å². The third kappa shape index (κ3) is 5.61. The fourth-order valence-corrected chi connectivity index (χ4v) is 4.82. The van der Waals surface area contributed by atoms with Crippen molar-refractivity contribution in [1.29, 1.82) is 0 Å². The van der Waals surface area contributed by atoms with Gasteiger partial charge in [-0.25, -0.2) is 4.39 Å². The Morgan fingerprint density at radius 2 is 1.85 bits per heavy atom. The maximum Gasteiger partial charge on any atom is 0.419 e. The van der Waals surface area contributed by atoms with Crippen molar-refractivity contribution < 1.29 is 22.4 Å². The SMILES string of the molecule is Cc1ccc(C(=O)Nc2cc(N3CCCN(C)CC3)c(F)c(C(F)(F)F)c2)cc1N1C=C(c2cn[nH]c2C)NN1. The van der Waals surface area contributed by atoms with Crippen LogP contribution in [0.5, 0.6) is 0 Å². The number of hydrogen-bond donors (Lipinski definition) is 4. The Morgan fingerprint density at radius 3 is 2.58 bits per heavy atom. The molecule has 1 aromatic heterocycles. The molecule has 9 nitrogen and oxygen atoms in total. The zero-order chi connectivity index (χ0) is 28.6. The molecular formula is C27H30F4N8O. The van der Waals surface area contributed by atoms with Crippen LogP contribution in [0.4, 0.5) is 34.6 Å². The molecule has 0 unspecified atom stereocenters. The number of hydrazine groups is 2. The molecule has 3 aromatic rings. The summed E-state index contributed by atoms with van der Waals surface area (Å²) in [6.45, 7) is 5.87. The lowest BCUT2D eigenvalue weighted by molar-refractivity contribution is -0.139. The number of halogens is 4. The molecule has 212 valence electrons. The van der Waals surface area contributed by atoms with Gasteiger partial charge in [-0.1, -0.05) is 6.07 Å². The van der Waals surface area contributed by atoms with E-state index in [4.69, 9.17) is 0 Å². The second-order valence-corrected chi connectivity index (χ2v) is 10.0. The lowest BCUT2D eigenvalue weighted by Gasteiger charge is -2.25. The van der Waals surface area contributed by atoms with Crippen LogP contribution >= 0.6 is 0 Å². The van der Waals surface area contributed by atoms with E-state index < -0.39 is 23.5 Å². The number of carbonyl (C=O) groups is 1. The fourth-order valence-electron chi connectivity index (χ4n) is 4.82. The minimum atomic E-state index is -4.93. The molecule has 3 heterocycles. The predicted octanol–water partition coefficient (Wildman–Crippen LogP) is 4.41. The summed E-state index contributed by atoms with van der Waals surface area (Å²) in [5, 5.41) is 11.2. The van der Waals surface area contributed by atoms with E-state index in [1.165, 1.54) is 6.07 Å². The number of anilines is 3. The van der Waals surface area contributed by atoms with Crippen molar-refractivity contribution >= 4 is 28.7 Å². The van der Waals surface area contributed by atoms with Gasteiger partial charge in [-0.2, -0.15) is 18.3 Å². The highest BCUT2D eigenvalue weighted by molar-refractivity contribution is 6.05. The average molecular weight is 559 g/mol. The number of benzene rings is 2. The first-order chi connectivity index (χ1) is 19.0. The summed E-state index contributed by atoms with van der Waals surface area (Å²) < 4.78 is 56.5. The van der Waals surface area contributed by atoms with Crippen molar-refractivity contribution in [3.63, 3.8) is 0 Å². The second-order valence-electron chi connectivity index (χ2n) is 10.0. The van der Waals surface area contributed by atoms with Gasteiger partial charge >= 0.3 is 6.18 Å². The number of hydrogen-bond acceptors (Lipinski definition) is 7. The molecule has 0 spiro atoms. The largest absolute Gasteiger partial charge is 0.419 e. The number of aromatic amines is 1. The summed E-state index contributed by atoms with van der Waals surface area (Å²) in [4.78, 5) is 16.9. The van der Waals surface area contributed by atoms with E-state index in [1.807, 2.05) is 32.0 Å². The number of aromatic nitrogens is 2. The van der Waals surface area contributed by atoms with E-state index in [-0.39, 0.29) is 16.9 Å². The second kappa shape index (κ2) is 10.8. The lowest BCUT2D eigenvalue weighted by Crippen LogP contribution is -2.36. The molecule has 2 aliphatic rings. The van der Waals surface area contributed by atoms with Gasteiger partial charge in [0.25, 0.3) is 5.91 Å². The third-order valence-corrected chi connectivity index (χ3v) is 7.10. The van der Waals surface area contributed by atoms with Crippen LogP contribution in [0.2, 0.25) is 0 Å². The number of carbonyl (C=O) groups excluding carboxylic acids is 1. The summed E-state index contributed by atoms with van der Waals surface area (Å²) in [7, 11) is 1.91. The molecule has 1 saturated heterocycles. The highest BCUT2D eigenvalue weighted by atomic mass is 19.4. The van der Waals surface area contributed by atoms with Gasteiger partial charge in [0.05, 0.1) is 28.8 Å². The van der Waals surface area contributed by atoms with E-state index >= 15 is 4.39 Å². The summed E-state index contributed by atoms with van der Waals surface area (Å²) in [6, 6.07) is 6.87. The van der Waals surface area contributed by atoms with Crippen LogP contribution in [0.25, 0.3) is 5.70 Å². The number of aryl methyl sites for hydroxylation is 2. The first-order valence-corrected chi connectivity index (χ1v) is 12.8. The smallest absolute Gasteiger partial charge is 0.368 e. The Kier molecular flexibility index (Phi) is 7.43. The molecule has 0 bridgehead atoms. The van der Waals surface area contributed by atoms with E-state index in [0.29, 0.717) is 37.8 Å². The number of nitrogens with one attached hydrogen (secondary N) is 4. The molecule has 4 N–H and O–H groups in total. The molecule has 2 aliphatic heterocycles. The van der Waals surface area contributed by atoms with Gasteiger partial charge in [0.1, 0.15) is 0 Å². The number of nitrogens with zero attached hydrogens (tertiary/aromatic N) is 4. The highest BCUT2D eigenvalue weighted by Gasteiger charge is 2.37. The van der Waals surface area contributed by atoms with Crippen molar-refractivity contribution in [1.82, 2.24) is 26.1 Å². The molecule has 5 rings (SSSR count). The van der Waals surface area contributed by atoms with Crippen LogP contribution < -0.4 is 26.2 Å². The monoisotopic (exact) mass is 558 g/mol. The van der Waals surface area contributed by atoms with E-state index in [0.717, 1.165) is 29.1 Å². The van der Waals surface area contributed by atoms with Gasteiger partial charge in [-0.05, 0) is 63.7 Å². The Balaban J connectivity index is 1.42. The zero-order valence-electron chi connectivity index (χ0n) is 22.3. The van der Waals surface area contributed by atoms with Gasteiger partial charge in [0.15, 0.2) is 5.82 Å². The standard InChI is InChI=1S/C27H30F4N8O/c1-16-5-6-18(11-23(16)39-15-22(35-36-39)20-14-32-34-17(20)2)26(40)33-19-12-21(27(29,30)31)25(28)24(13-19)38-8-4-7-37(3)9-10-38/h5-6,11-15,35-36H,4,7-10H2,1-3H3,(H,32,34)(H,33,40). The first-order valence-electron chi connectivity index (χ1n) is 12.8.